The first-order chi connectivity index (χ1) is 26.4. The summed E-state index contributed by atoms with van der Waals surface area (Å²) in [7, 11) is 0. The molecule has 4 aromatic heterocycles. The van der Waals surface area contributed by atoms with E-state index in [4.69, 9.17) is 24.2 Å². The molecule has 54 heavy (non-hydrogen) atoms. The number of carbonyl (C=O) groups is 1. The fourth-order valence-electron chi connectivity index (χ4n) is 7.09. The summed E-state index contributed by atoms with van der Waals surface area (Å²) in [5, 5.41) is 36.0. The van der Waals surface area contributed by atoms with Gasteiger partial charge in [0.15, 0.2) is 29.0 Å². The van der Waals surface area contributed by atoms with Gasteiger partial charge in [0, 0.05) is 56.6 Å². The van der Waals surface area contributed by atoms with Crippen molar-refractivity contribution >= 4 is 29.0 Å². The molecular formula is C39H42N10O5. The molecule has 2 aromatic carbocycles. The molecule has 15 nitrogen and oxygen atoms in total. The van der Waals surface area contributed by atoms with E-state index in [1.165, 1.54) is 0 Å². The maximum absolute atomic E-state index is 12.8. The van der Waals surface area contributed by atoms with Crippen LogP contribution in [0.4, 0.5) is 16.6 Å². The highest BCUT2D eigenvalue weighted by atomic mass is 16.6. The Hall–Kier alpha value is -5.90. The Morgan fingerprint density at radius 1 is 0.981 bits per heavy atom. The van der Waals surface area contributed by atoms with Crippen LogP contribution in [0.5, 0.6) is 0 Å². The first-order valence-corrected chi connectivity index (χ1v) is 18.2. The van der Waals surface area contributed by atoms with Crippen LogP contribution in [0.2, 0.25) is 0 Å². The number of aliphatic hydroxyl groups is 2. The normalized spacial score (nSPS) is 21.2. The van der Waals surface area contributed by atoms with Gasteiger partial charge < -0.3 is 40.3 Å². The van der Waals surface area contributed by atoms with Gasteiger partial charge in [-0.25, -0.2) is 9.78 Å². The number of anilines is 2. The molecular weight excluding hydrogens is 688 g/mol. The first-order valence-electron chi connectivity index (χ1n) is 18.2. The van der Waals surface area contributed by atoms with Crippen LogP contribution in [-0.4, -0.2) is 83.8 Å². The van der Waals surface area contributed by atoms with Crippen molar-refractivity contribution in [3.8, 4) is 0 Å². The molecule has 0 saturated carbocycles. The Morgan fingerprint density at radius 3 is 2.43 bits per heavy atom. The van der Waals surface area contributed by atoms with E-state index in [0.717, 1.165) is 16.7 Å². The molecule has 6 aromatic rings. The van der Waals surface area contributed by atoms with Crippen LogP contribution in [0.25, 0.3) is 11.2 Å². The van der Waals surface area contributed by atoms with Crippen LogP contribution in [0.1, 0.15) is 59.7 Å². The van der Waals surface area contributed by atoms with E-state index in [0.29, 0.717) is 73.4 Å². The predicted molar refractivity (Wildman–Crippen MR) is 200 cm³/mol. The highest BCUT2D eigenvalue weighted by Crippen LogP contribution is 2.41. The lowest BCUT2D eigenvalue weighted by Crippen LogP contribution is -2.43. The number of rotatable bonds is 12. The number of benzene rings is 2. The Balaban J connectivity index is 1.08. The minimum Gasteiger partial charge on any atom is -0.387 e. The predicted octanol–water partition coefficient (Wildman–Crippen LogP) is 4.09. The zero-order valence-electron chi connectivity index (χ0n) is 29.7. The van der Waals surface area contributed by atoms with Crippen LogP contribution in [0.15, 0.2) is 102 Å². The average Bonchev–Trinajstić information content (AvgIpc) is 4.03. The van der Waals surface area contributed by atoms with Crippen LogP contribution in [-0.2, 0) is 17.7 Å². The lowest BCUT2D eigenvalue weighted by atomic mass is 9.91. The van der Waals surface area contributed by atoms with Crippen molar-refractivity contribution in [2.24, 2.45) is 0 Å². The largest absolute Gasteiger partial charge is 0.387 e. The smallest absolute Gasteiger partial charge is 0.315 e. The minimum atomic E-state index is -1.32. The lowest BCUT2D eigenvalue weighted by Gasteiger charge is -2.22. The molecule has 0 radical (unpaired) electrons. The second-order valence-electron chi connectivity index (χ2n) is 13.6. The maximum Gasteiger partial charge on any atom is 0.315 e. The van der Waals surface area contributed by atoms with Crippen molar-refractivity contribution in [2.75, 3.05) is 29.9 Å². The number of urea groups is 1. The number of nitrogens with one attached hydrogen (secondary N) is 3. The van der Waals surface area contributed by atoms with Crippen LogP contribution in [0, 0.1) is 0 Å². The second kappa shape index (κ2) is 15.6. The molecule has 2 aliphatic heterocycles. The van der Waals surface area contributed by atoms with Gasteiger partial charge in [-0.15, -0.1) is 0 Å². The zero-order chi connectivity index (χ0) is 37.0. The zero-order valence-corrected chi connectivity index (χ0v) is 29.7. The third-order valence-corrected chi connectivity index (χ3v) is 10.0. The molecule has 2 amide bonds. The van der Waals surface area contributed by atoms with Crippen molar-refractivity contribution < 1.29 is 24.3 Å². The Morgan fingerprint density at radius 2 is 1.72 bits per heavy atom. The summed E-state index contributed by atoms with van der Waals surface area (Å²) in [5.74, 6) is 1.26. The standard InChI is InChI=1S/C39H42N10O5/c1-2-27-19-30(54-47-27)34-32(50)33(51)37(53-34)49-23-43-31-35(41-21-29(25-9-5-3-6-10-25)26-11-7-4-8-12-26)45-38(46-36(31)49)48-18-15-28(22-48)44-39(52)42-20-24-13-16-40-17-14-24/h3-14,16-17,19,23,28-29,32-34,37,50-51H,2,15,18,20-22H2,1H3,(H,41,45,46)(H2,42,44,52)/t28-,32+,33+,34-,37-/m1/s1. The van der Waals surface area contributed by atoms with Gasteiger partial charge in [0.1, 0.15) is 18.3 Å². The molecule has 2 fully saturated rings. The van der Waals surface area contributed by atoms with E-state index in [1.54, 1.807) is 29.4 Å². The molecule has 5 N–H and O–H groups in total. The van der Waals surface area contributed by atoms with Crippen molar-refractivity contribution in [1.82, 2.24) is 40.3 Å². The van der Waals surface area contributed by atoms with Crippen molar-refractivity contribution in [3.05, 3.63) is 126 Å². The lowest BCUT2D eigenvalue weighted by molar-refractivity contribution is -0.0434. The number of ether oxygens (including phenoxy) is 1. The van der Waals surface area contributed by atoms with Gasteiger partial charge in [-0.3, -0.25) is 9.55 Å². The highest BCUT2D eigenvalue weighted by Gasteiger charge is 2.47. The number of fused-ring (bicyclic) bond motifs is 1. The summed E-state index contributed by atoms with van der Waals surface area (Å²) in [5.41, 5.74) is 4.84. The Bertz CT molecular complexity index is 2130. The van der Waals surface area contributed by atoms with Gasteiger partial charge in [-0.1, -0.05) is 72.7 Å². The van der Waals surface area contributed by atoms with E-state index in [1.807, 2.05) is 60.4 Å². The first kappa shape index (κ1) is 35.1. The quantitative estimate of drug-likeness (QED) is 0.122. The number of carbonyl (C=O) groups excluding carboxylic acids is 1. The summed E-state index contributed by atoms with van der Waals surface area (Å²) in [4.78, 5) is 33.5. The van der Waals surface area contributed by atoms with Crippen LogP contribution < -0.4 is 20.9 Å². The van der Waals surface area contributed by atoms with Gasteiger partial charge in [-0.2, -0.15) is 9.97 Å². The fourth-order valence-corrected chi connectivity index (χ4v) is 7.09. The molecule has 0 aliphatic carbocycles. The van der Waals surface area contributed by atoms with E-state index < -0.39 is 24.5 Å². The number of pyridine rings is 1. The third kappa shape index (κ3) is 7.33. The van der Waals surface area contributed by atoms with Crippen LogP contribution in [0.3, 0.4) is 0 Å². The number of aryl methyl sites for hydroxylation is 1. The number of imidazole rings is 1. The van der Waals surface area contributed by atoms with Crippen molar-refractivity contribution in [3.63, 3.8) is 0 Å². The van der Waals surface area contributed by atoms with Gasteiger partial charge in [-0.05, 0) is 41.7 Å². The summed E-state index contributed by atoms with van der Waals surface area (Å²) in [6.07, 6.45) is 1.70. The van der Waals surface area contributed by atoms with E-state index in [2.05, 4.69) is 50.4 Å². The number of aromatic nitrogens is 6. The molecule has 15 heteroatoms. The molecule has 0 bridgehead atoms. The SMILES string of the molecule is CCc1cc([C@H]2O[C@@H](n3cnc4c(NCC(c5ccccc5)c5ccccc5)nc(N5CC[C@@H](NC(=O)NCc6ccncc6)C5)nc43)[C@@H](O)[C@@H]2O)on1. The number of nitrogens with zero attached hydrogens (tertiary/aromatic N) is 7. The molecule has 2 saturated heterocycles. The second-order valence-corrected chi connectivity index (χ2v) is 13.6. The van der Waals surface area contributed by atoms with Gasteiger partial charge in [0.2, 0.25) is 5.95 Å². The summed E-state index contributed by atoms with van der Waals surface area (Å²) < 4.78 is 13.3. The van der Waals surface area contributed by atoms with E-state index in [9.17, 15) is 15.0 Å². The van der Waals surface area contributed by atoms with Crippen molar-refractivity contribution in [1.29, 1.82) is 0 Å². The molecule has 2 aliphatic rings. The molecule has 5 atom stereocenters. The topological polar surface area (TPSA) is 189 Å². The Labute approximate surface area is 311 Å². The van der Waals surface area contributed by atoms with E-state index >= 15 is 0 Å². The molecule has 0 unspecified atom stereocenters. The fraction of sp³-hybridized carbons (Fsp3) is 0.333. The van der Waals surface area contributed by atoms with Gasteiger partial charge >= 0.3 is 6.03 Å². The highest BCUT2D eigenvalue weighted by molar-refractivity contribution is 5.84. The number of hydrogen-bond donors (Lipinski definition) is 5. The summed E-state index contributed by atoms with van der Waals surface area (Å²) >= 11 is 0. The molecule has 8 rings (SSSR count). The molecule has 278 valence electrons. The molecule has 6 heterocycles. The number of amides is 2. The number of hydrogen-bond acceptors (Lipinski definition) is 12. The maximum atomic E-state index is 12.8. The van der Waals surface area contributed by atoms with Crippen molar-refractivity contribution in [2.45, 2.75) is 62.8 Å². The summed E-state index contributed by atoms with van der Waals surface area (Å²) in [6, 6.07) is 25.6. The van der Waals surface area contributed by atoms with Crippen LogP contribution >= 0.6 is 0 Å². The number of aliphatic hydroxyl groups excluding tert-OH is 2. The monoisotopic (exact) mass is 730 g/mol. The Kier molecular flexibility index (Phi) is 10.2. The van der Waals surface area contributed by atoms with Gasteiger partial charge in [0.25, 0.3) is 0 Å². The van der Waals surface area contributed by atoms with E-state index in [-0.39, 0.29) is 18.0 Å². The average molecular weight is 731 g/mol. The molecule has 0 spiro atoms. The van der Waals surface area contributed by atoms with Gasteiger partial charge in [0.05, 0.1) is 12.0 Å². The minimum absolute atomic E-state index is 0.000195. The third-order valence-electron chi connectivity index (χ3n) is 10.0. The summed E-state index contributed by atoms with van der Waals surface area (Å²) in [6.45, 7) is 3.91.